The van der Waals surface area contributed by atoms with Crippen molar-refractivity contribution in [3.8, 4) is 0 Å². The molecule has 0 amide bonds. The zero-order chi connectivity index (χ0) is 13.8. The lowest BCUT2D eigenvalue weighted by Crippen LogP contribution is -2.21. The minimum Gasteiger partial charge on any atom is -0.479 e. The summed E-state index contributed by atoms with van der Waals surface area (Å²) in [4.78, 5) is 11.2. The van der Waals surface area contributed by atoms with Gasteiger partial charge in [-0.1, -0.05) is 24.3 Å². The van der Waals surface area contributed by atoms with Crippen molar-refractivity contribution in [1.29, 1.82) is 0 Å². The zero-order valence-electron chi connectivity index (χ0n) is 9.81. The van der Waals surface area contributed by atoms with E-state index in [9.17, 15) is 13.6 Å². The Balaban J connectivity index is 2.29. The SMILES string of the molecule is O=C(O)C(Nc1ccccc1F)c1ccc(F)cc1. The lowest BCUT2D eigenvalue weighted by molar-refractivity contribution is -0.138. The van der Waals surface area contributed by atoms with Gasteiger partial charge < -0.3 is 10.4 Å². The van der Waals surface area contributed by atoms with Crippen molar-refractivity contribution in [2.75, 3.05) is 5.32 Å². The fourth-order valence-corrected chi connectivity index (χ4v) is 1.68. The van der Waals surface area contributed by atoms with E-state index in [1.807, 2.05) is 0 Å². The molecular formula is C14H11F2NO2. The molecule has 2 N–H and O–H groups in total. The fourth-order valence-electron chi connectivity index (χ4n) is 1.68. The first kappa shape index (κ1) is 13.0. The van der Waals surface area contributed by atoms with Gasteiger partial charge in [-0.15, -0.1) is 0 Å². The first-order chi connectivity index (χ1) is 9.08. The number of carboxylic acids is 1. The molecule has 19 heavy (non-hydrogen) atoms. The number of nitrogens with one attached hydrogen (secondary N) is 1. The van der Waals surface area contributed by atoms with Crippen LogP contribution in [0.3, 0.4) is 0 Å². The van der Waals surface area contributed by atoms with Crippen LogP contribution in [0.25, 0.3) is 0 Å². The van der Waals surface area contributed by atoms with Crippen LogP contribution in [0.15, 0.2) is 48.5 Å². The summed E-state index contributed by atoms with van der Waals surface area (Å²) in [6.45, 7) is 0. The topological polar surface area (TPSA) is 49.3 Å². The number of carbonyl (C=O) groups is 1. The highest BCUT2D eigenvalue weighted by Gasteiger charge is 2.20. The molecule has 0 aliphatic rings. The van der Waals surface area contributed by atoms with E-state index in [-0.39, 0.29) is 5.69 Å². The maximum absolute atomic E-state index is 13.5. The Hall–Kier alpha value is -2.43. The number of halogens is 2. The molecule has 1 unspecified atom stereocenters. The monoisotopic (exact) mass is 263 g/mol. The number of para-hydroxylation sites is 1. The van der Waals surface area contributed by atoms with Gasteiger partial charge in [0.15, 0.2) is 6.04 Å². The number of hydrogen-bond donors (Lipinski definition) is 2. The molecule has 0 aliphatic heterocycles. The Kier molecular flexibility index (Phi) is 3.75. The molecule has 0 aliphatic carbocycles. The summed E-state index contributed by atoms with van der Waals surface area (Å²) in [5, 5.41) is 11.8. The molecule has 0 aromatic heterocycles. The highest BCUT2D eigenvalue weighted by Crippen LogP contribution is 2.22. The predicted octanol–water partition coefficient (Wildman–Crippen LogP) is 3.20. The van der Waals surface area contributed by atoms with Crippen molar-refractivity contribution >= 4 is 11.7 Å². The van der Waals surface area contributed by atoms with Crippen LogP contribution < -0.4 is 5.32 Å². The molecule has 0 saturated heterocycles. The molecule has 0 spiro atoms. The third-order valence-electron chi connectivity index (χ3n) is 2.62. The molecule has 1 atom stereocenters. The Morgan fingerprint density at radius 2 is 1.68 bits per heavy atom. The Morgan fingerprint density at radius 1 is 1.05 bits per heavy atom. The molecule has 3 nitrogen and oxygen atoms in total. The molecule has 0 heterocycles. The van der Waals surface area contributed by atoms with Gasteiger partial charge in [-0.3, -0.25) is 0 Å². The smallest absolute Gasteiger partial charge is 0.330 e. The Labute approximate surface area is 108 Å². The van der Waals surface area contributed by atoms with Crippen molar-refractivity contribution in [2.45, 2.75) is 6.04 Å². The first-order valence-corrected chi connectivity index (χ1v) is 5.57. The number of aliphatic carboxylic acids is 1. The van der Waals surface area contributed by atoms with E-state index >= 15 is 0 Å². The second-order valence-corrected chi connectivity index (χ2v) is 3.95. The molecule has 2 aromatic carbocycles. The van der Waals surface area contributed by atoms with E-state index in [1.165, 1.54) is 30.3 Å². The van der Waals surface area contributed by atoms with Crippen molar-refractivity contribution in [3.63, 3.8) is 0 Å². The standard InChI is InChI=1S/C14H11F2NO2/c15-10-7-5-9(6-8-10)13(14(18)19)17-12-4-2-1-3-11(12)16/h1-8,13,17H,(H,18,19). The molecule has 0 fully saturated rings. The highest BCUT2D eigenvalue weighted by molar-refractivity contribution is 5.79. The zero-order valence-corrected chi connectivity index (χ0v) is 9.81. The van der Waals surface area contributed by atoms with Gasteiger partial charge in [0, 0.05) is 0 Å². The van der Waals surface area contributed by atoms with E-state index in [4.69, 9.17) is 5.11 Å². The molecule has 2 aromatic rings. The fraction of sp³-hybridized carbons (Fsp3) is 0.0714. The van der Waals surface area contributed by atoms with Crippen molar-refractivity contribution in [1.82, 2.24) is 0 Å². The number of anilines is 1. The summed E-state index contributed by atoms with van der Waals surface area (Å²) in [5.74, 6) is -2.18. The summed E-state index contributed by atoms with van der Waals surface area (Å²) in [7, 11) is 0. The van der Waals surface area contributed by atoms with Crippen LogP contribution in [-0.2, 0) is 4.79 Å². The summed E-state index contributed by atoms with van der Waals surface area (Å²) in [6.07, 6.45) is 0. The Bertz CT molecular complexity index is 584. The average molecular weight is 263 g/mol. The van der Waals surface area contributed by atoms with E-state index in [2.05, 4.69) is 5.32 Å². The van der Waals surface area contributed by atoms with E-state index in [1.54, 1.807) is 6.07 Å². The highest BCUT2D eigenvalue weighted by atomic mass is 19.1. The van der Waals surface area contributed by atoms with Crippen LogP contribution in [0.1, 0.15) is 11.6 Å². The lowest BCUT2D eigenvalue weighted by Gasteiger charge is -2.16. The number of carboxylic acid groups (broad SMARTS) is 1. The maximum atomic E-state index is 13.5. The summed E-state index contributed by atoms with van der Waals surface area (Å²) < 4.78 is 26.3. The van der Waals surface area contributed by atoms with Crippen molar-refractivity contribution < 1.29 is 18.7 Å². The van der Waals surface area contributed by atoms with Crippen LogP contribution in [-0.4, -0.2) is 11.1 Å². The normalized spacial score (nSPS) is 11.9. The number of hydrogen-bond acceptors (Lipinski definition) is 2. The molecule has 5 heteroatoms. The summed E-state index contributed by atoms with van der Waals surface area (Å²) in [5.41, 5.74) is 0.427. The van der Waals surface area contributed by atoms with E-state index in [0.29, 0.717) is 5.56 Å². The summed E-state index contributed by atoms with van der Waals surface area (Å²) in [6, 6.07) is 9.65. The second-order valence-electron chi connectivity index (χ2n) is 3.95. The van der Waals surface area contributed by atoms with Crippen LogP contribution in [0.5, 0.6) is 0 Å². The molecule has 2 rings (SSSR count). The maximum Gasteiger partial charge on any atom is 0.330 e. The van der Waals surface area contributed by atoms with Gasteiger partial charge in [-0.05, 0) is 29.8 Å². The minimum absolute atomic E-state index is 0.0826. The third-order valence-corrected chi connectivity index (χ3v) is 2.62. The quantitative estimate of drug-likeness (QED) is 0.890. The van der Waals surface area contributed by atoms with Gasteiger partial charge in [0.1, 0.15) is 11.6 Å². The van der Waals surface area contributed by atoms with Gasteiger partial charge in [-0.25, -0.2) is 13.6 Å². The molecule has 98 valence electrons. The van der Waals surface area contributed by atoms with Crippen LogP contribution >= 0.6 is 0 Å². The molecule has 0 saturated carbocycles. The van der Waals surface area contributed by atoms with E-state index < -0.39 is 23.6 Å². The van der Waals surface area contributed by atoms with Crippen molar-refractivity contribution in [3.05, 3.63) is 65.7 Å². The van der Waals surface area contributed by atoms with Crippen molar-refractivity contribution in [2.24, 2.45) is 0 Å². The van der Waals surface area contributed by atoms with Crippen LogP contribution in [0.4, 0.5) is 14.5 Å². The third kappa shape index (κ3) is 3.07. The Morgan fingerprint density at radius 3 is 2.26 bits per heavy atom. The first-order valence-electron chi connectivity index (χ1n) is 5.57. The van der Waals surface area contributed by atoms with Crippen LogP contribution in [0, 0.1) is 11.6 Å². The molecule has 0 radical (unpaired) electrons. The minimum atomic E-state index is -1.17. The van der Waals surface area contributed by atoms with Gasteiger partial charge in [0.05, 0.1) is 5.69 Å². The second kappa shape index (κ2) is 5.48. The van der Waals surface area contributed by atoms with Gasteiger partial charge in [0.25, 0.3) is 0 Å². The largest absolute Gasteiger partial charge is 0.479 e. The number of benzene rings is 2. The average Bonchev–Trinajstić information content (AvgIpc) is 2.39. The predicted molar refractivity (Wildman–Crippen MR) is 66.8 cm³/mol. The van der Waals surface area contributed by atoms with Gasteiger partial charge in [0.2, 0.25) is 0 Å². The van der Waals surface area contributed by atoms with Gasteiger partial charge in [-0.2, -0.15) is 0 Å². The van der Waals surface area contributed by atoms with Gasteiger partial charge >= 0.3 is 5.97 Å². The lowest BCUT2D eigenvalue weighted by atomic mass is 10.1. The van der Waals surface area contributed by atoms with Crippen LogP contribution in [0.2, 0.25) is 0 Å². The number of rotatable bonds is 4. The molecule has 0 bridgehead atoms. The van der Waals surface area contributed by atoms with E-state index in [0.717, 1.165) is 12.1 Å². The summed E-state index contributed by atoms with van der Waals surface area (Å²) >= 11 is 0. The molecular weight excluding hydrogens is 252 g/mol.